The Labute approximate surface area is 193 Å². The summed E-state index contributed by atoms with van der Waals surface area (Å²) >= 11 is 5.88. The highest BCUT2D eigenvalue weighted by Crippen LogP contribution is 2.34. The minimum Gasteiger partial charge on any atom is -0.455 e. The van der Waals surface area contributed by atoms with Crippen LogP contribution in [-0.4, -0.2) is 4.98 Å². The number of hydrogen-bond donors (Lipinski definition) is 1. The summed E-state index contributed by atoms with van der Waals surface area (Å²) in [4.78, 5) is 17.2. The molecule has 5 nitrogen and oxygen atoms in total. The first-order valence-electron chi connectivity index (χ1n) is 10.1. The number of nitrogens with zero attached hydrogens (tertiary/aromatic N) is 2. The molecule has 0 aliphatic rings. The minimum absolute atomic E-state index is 0.109. The molecule has 0 fully saturated rings. The van der Waals surface area contributed by atoms with Gasteiger partial charge in [-0.2, -0.15) is 5.26 Å². The Balaban J connectivity index is 1.94. The lowest BCUT2D eigenvalue weighted by molar-refractivity contribution is 0.557. The van der Waals surface area contributed by atoms with Crippen LogP contribution in [0.1, 0.15) is 35.3 Å². The predicted molar refractivity (Wildman–Crippen MR) is 123 cm³/mol. The van der Waals surface area contributed by atoms with E-state index in [-0.39, 0.29) is 33.2 Å². The van der Waals surface area contributed by atoms with Crippen LogP contribution in [0.15, 0.2) is 51.7 Å². The van der Waals surface area contributed by atoms with Crippen molar-refractivity contribution in [2.75, 3.05) is 5.32 Å². The zero-order valence-corrected chi connectivity index (χ0v) is 18.7. The highest BCUT2D eigenvalue weighted by molar-refractivity contribution is 6.29. The van der Waals surface area contributed by atoms with Gasteiger partial charge in [0.25, 0.3) is 0 Å². The first kappa shape index (κ1) is 22.4. The maximum atomic E-state index is 14.5. The quantitative estimate of drug-likeness (QED) is 0.350. The van der Waals surface area contributed by atoms with Gasteiger partial charge < -0.3 is 9.73 Å². The van der Waals surface area contributed by atoms with Gasteiger partial charge in [-0.1, -0.05) is 23.7 Å². The van der Waals surface area contributed by atoms with Gasteiger partial charge in [-0.15, -0.1) is 0 Å². The van der Waals surface area contributed by atoms with E-state index in [0.29, 0.717) is 16.6 Å². The fourth-order valence-electron chi connectivity index (χ4n) is 3.79. The number of fused-ring (bicyclic) bond motifs is 1. The summed E-state index contributed by atoms with van der Waals surface area (Å²) in [5.41, 5.74) is 1.48. The molecule has 1 atom stereocenters. The number of benzene rings is 2. The Hall–Kier alpha value is -3.76. The molecule has 1 N–H and O–H groups in total. The maximum absolute atomic E-state index is 14.5. The van der Waals surface area contributed by atoms with E-state index in [0.717, 1.165) is 17.7 Å². The summed E-state index contributed by atoms with van der Waals surface area (Å²) in [6, 6.07) is 11.7. The lowest BCUT2D eigenvalue weighted by Crippen LogP contribution is -2.13. The maximum Gasteiger partial charge on any atom is 0.196 e. The second-order valence-electron chi connectivity index (χ2n) is 7.72. The van der Waals surface area contributed by atoms with Crippen LogP contribution in [0.2, 0.25) is 5.15 Å². The van der Waals surface area contributed by atoms with Crippen LogP contribution < -0.4 is 10.7 Å². The molecule has 0 saturated heterocycles. The number of anilines is 1. The normalized spacial score (nSPS) is 11.9. The summed E-state index contributed by atoms with van der Waals surface area (Å²) in [6.45, 7) is 5.13. The molecule has 0 aliphatic heterocycles. The molecule has 0 aliphatic carbocycles. The molecular weight excluding hydrogens is 448 g/mol. The van der Waals surface area contributed by atoms with Crippen molar-refractivity contribution in [3.05, 3.63) is 91.9 Å². The predicted octanol–water partition coefficient (Wildman–Crippen LogP) is 6.45. The lowest BCUT2D eigenvalue weighted by atomic mass is 9.98. The van der Waals surface area contributed by atoms with Crippen molar-refractivity contribution in [2.45, 2.75) is 26.8 Å². The standard InChI is InChI=1S/C25H18ClF2N3O2/c1-12-9-15(14(3)30-19-7-8-21(26)31-20(19)11-29)25-16(10-12)23(32)13(2)24(33-25)22-17(27)5-4-6-18(22)28/h4-10,14,30H,1-3H3/t14-/m1/s1. The van der Waals surface area contributed by atoms with E-state index in [2.05, 4.69) is 10.3 Å². The van der Waals surface area contributed by atoms with Crippen molar-refractivity contribution in [1.29, 1.82) is 5.26 Å². The molecule has 2 aromatic carbocycles. The highest BCUT2D eigenvalue weighted by Gasteiger charge is 2.23. The van der Waals surface area contributed by atoms with Gasteiger partial charge in [-0.05, 0) is 56.7 Å². The van der Waals surface area contributed by atoms with Gasteiger partial charge in [-0.3, -0.25) is 4.79 Å². The molecule has 0 unspecified atom stereocenters. The van der Waals surface area contributed by atoms with E-state index in [1.807, 2.05) is 26.0 Å². The van der Waals surface area contributed by atoms with Gasteiger partial charge in [0.05, 0.1) is 22.7 Å². The van der Waals surface area contributed by atoms with E-state index in [1.165, 1.54) is 13.0 Å². The third kappa shape index (κ3) is 4.06. The zero-order valence-electron chi connectivity index (χ0n) is 18.0. The molecule has 4 aromatic rings. The van der Waals surface area contributed by atoms with Crippen LogP contribution >= 0.6 is 11.6 Å². The number of halogens is 3. The van der Waals surface area contributed by atoms with E-state index in [9.17, 15) is 18.8 Å². The largest absolute Gasteiger partial charge is 0.455 e. The molecular formula is C25H18ClF2N3O2. The second-order valence-corrected chi connectivity index (χ2v) is 8.11. The Bertz CT molecular complexity index is 1490. The van der Waals surface area contributed by atoms with Crippen LogP contribution in [0.3, 0.4) is 0 Å². The molecule has 4 rings (SSSR count). The number of hydrogen-bond acceptors (Lipinski definition) is 5. The number of aromatic nitrogens is 1. The van der Waals surface area contributed by atoms with Crippen molar-refractivity contribution in [3.8, 4) is 17.4 Å². The molecule has 0 saturated carbocycles. The van der Waals surface area contributed by atoms with Crippen molar-refractivity contribution < 1.29 is 13.2 Å². The second kappa shape index (κ2) is 8.64. The summed E-state index contributed by atoms with van der Waals surface area (Å²) in [5.74, 6) is -1.82. The Morgan fingerprint density at radius 2 is 1.85 bits per heavy atom. The molecule has 0 bridgehead atoms. The molecule has 2 heterocycles. The van der Waals surface area contributed by atoms with Gasteiger partial charge in [0.1, 0.15) is 34.2 Å². The Kier molecular flexibility index (Phi) is 5.88. The molecule has 8 heteroatoms. The number of aryl methyl sites for hydroxylation is 1. The lowest BCUT2D eigenvalue weighted by Gasteiger charge is -2.19. The van der Waals surface area contributed by atoms with Gasteiger partial charge in [-0.25, -0.2) is 13.8 Å². The number of pyridine rings is 1. The average molecular weight is 466 g/mol. The first-order valence-corrected chi connectivity index (χ1v) is 10.4. The highest BCUT2D eigenvalue weighted by atomic mass is 35.5. The third-order valence-electron chi connectivity index (χ3n) is 5.39. The third-order valence-corrected chi connectivity index (χ3v) is 5.60. The van der Waals surface area contributed by atoms with E-state index >= 15 is 0 Å². The zero-order chi connectivity index (χ0) is 23.9. The topological polar surface area (TPSA) is 78.9 Å². The van der Waals surface area contributed by atoms with Gasteiger partial charge in [0, 0.05) is 11.1 Å². The Morgan fingerprint density at radius 3 is 2.52 bits per heavy atom. The van der Waals surface area contributed by atoms with Gasteiger partial charge >= 0.3 is 0 Å². The number of nitrogens with one attached hydrogen (secondary N) is 1. The summed E-state index contributed by atoms with van der Waals surface area (Å²) in [5, 5.41) is 13.0. The minimum atomic E-state index is -0.827. The van der Waals surface area contributed by atoms with Gasteiger partial charge in [0.15, 0.2) is 11.1 Å². The van der Waals surface area contributed by atoms with E-state index < -0.39 is 23.2 Å². The molecule has 0 spiro atoms. The smallest absolute Gasteiger partial charge is 0.196 e. The molecule has 0 amide bonds. The fourth-order valence-corrected chi connectivity index (χ4v) is 3.94. The van der Waals surface area contributed by atoms with Crippen molar-refractivity contribution in [1.82, 2.24) is 4.98 Å². The Morgan fingerprint density at radius 1 is 1.15 bits per heavy atom. The van der Waals surface area contributed by atoms with Crippen molar-refractivity contribution in [3.63, 3.8) is 0 Å². The van der Waals surface area contributed by atoms with Crippen molar-refractivity contribution >= 4 is 28.3 Å². The van der Waals surface area contributed by atoms with Crippen LogP contribution in [-0.2, 0) is 0 Å². The molecule has 166 valence electrons. The monoisotopic (exact) mass is 465 g/mol. The molecule has 2 aromatic heterocycles. The first-order chi connectivity index (χ1) is 15.7. The van der Waals surface area contributed by atoms with E-state index in [1.54, 1.807) is 18.2 Å². The number of nitriles is 1. The van der Waals surface area contributed by atoms with E-state index in [4.69, 9.17) is 16.0 Å². The van der Waals surface area contributed by atoms with Crippen LogP contribution in [0.5, 0.6) is 0 Å². The molecule has 33 heavy (non-hydrogen) atoms. The summed E-state index contributed by atoms with van der Waals surface area (Å²) in [7, 11) is 0. The summed E-state index contributed by atoms with van der Waals surface area (Å²) < 4.78 is 35.0. The fraction of sp³-hybridized carbons (Fsp3) is 0.160. The van der Waals surface area contributed by atoms with Crippen molar-refractivity contribution in [2.24, 2.45) is 0 Å². The van der Waals surface area contributed by atoms with Crippen LogP contribution in [0, 0.1) is 36.8 Å². The van der Waals surface area contributed by atoms with Crippen LogP contribution in [0.25, 0.3) is 22.3 Å². The van der Waals surface area contributed by atoms with Gasteiger partial charge in [0.2, 0.25) is 0 Å². The van der Waals surface area contributed by atoms with Crippen LogP contribution in [0.4, 0.5) is 14.5 Å². The number of rotatable bonds is 4. The molecule has 0 radical (unpaired) electrons. The average Bonchev–Trinajstić information content (AvgIpc) is 2.78. The summed E-state index contributed by atoms with van der Waals surface area (Å²) in [6.07, 6.45) is 0. The SMILES string of the molecule is Cc1cc([C@@H](C)Nc2ccc(Cl)nc2C#N)c2oc(-c3c(F)cccc3F)c(C)c(=O)c2c1.